The van der Waals surface area contributed by atoms with Crippen LogP contribution in [-0.2, 0) is 0 Å². The molecule has 268 valence electrons. The lowest BCUT2D eigenvalue weighted by atomic mass is 9.99. The normalized spacial score (nSPS) is 11.9. The van der Waals surface area contributed by atoms with Crippen LogP contribution in [0.1, 0.15) is 0 Å². The van der Waals surface area contributed by atoms with Crippen LogP contribution in [0.4, 0.5) is 0 Å². The van der Waals surface area contributed by atoms with Gasteiger partial charge in [0.25, 0.3) is 0 Å². The Balaban J connectivity index is 1.36. The molecule has 11 rings (SSSR count). The van der Waals surface area contributed by atoms with Gasteiger partial charge in [-0.1, -0.05) is 194 Å². The average molecular weight is 743 g/mol. The highest BCUT2D eigenvalue weighted by Gasteiger charge is 2.42. The third-order valence-corrected chi connectivity index (χ3v) is 16.6. The first-order valence-electron chi connectivity index (χ1n) is 19.7. The zero-order valence-corrected chi connectivity index (χ0v) is 32.3. The molecule has 0 atom stereocenters. The van der Waals surface area contributed by atoms with E-state index in [9.17, 15) is 0 Å². The first-order valence-corrected chi connectivity index (χ1v) is 21.7. The van der Waals surface area contributed by atoms with Crippen LogP contribution in [0.5, 0.6) is 0 Å². The maximum atomic E-state index is 2.56. The quantitative estimate of drug-likeness (QED) is 0.114. The van der Waals surface area contributed by atoms with Gasteiger partial charge in [-0.05, 0) is 68.3 Å². The lowest BCUT2D eigenvalue weighted by molar-refractivity contribution is 1.13. The SMILES string of the molecule is c1ccc(-c2cc([Si](c3ccccc3)(c3ccccc3)c3ccccc3)cc3c2c2ccccc2n3-c2cccc3c4ccccc4n(-c4ccccc4)c23)cc1. The Hall–Kier alpha value is -7.20. The molecule has 0 radical (unpaired) electrons. The molecule has 0 aliphatic carbocycles. The molecule has 0 saturated heterocycles. The summed E-state index contributed by atoms with van der Waals surface area (Å²) in [4.78, 5) is 0. The van der Waals surface area contributed by atoms with Crippen molar-refractivity contribution in [1.29, 1.82) is 0 Å². The minimum Gasteiger partial charge on any atom is -0.307 e. The highest BCUT2D eigenvalue weighted by Crippen LogP contribution is 2.42. The number of para-hydroxylation sites is 4. The Kier molecular flexibility index (Phi) is 7.87. The van der Waals surface area contributed by atoms with E-state index in [4.69, 9.17) is 0 Å². The van der Waals surface area contributed by atoms with Gasteiger partial charge in [0.1, 0.15) is 0 Å². The predicted octanol–water partition coefficient (Wildman–Crippen LogP) is 10.9. The van der Waals surface area contributed by atoms with Crippen molar-refractivity contribution in [1.82, 2.24) is 9.13 Å². The van der Waals surface area contributed by atoms with Gasteiger partial charge in [0, 0.05) is 27.2 Å². The van der Waals surface area contributed by atoms with Crippen LogP contribution in [0.2, 0.25) is 0 Å². The second-order valence-electron chi connectivity index (χ2n) is 14.8. The van der Waals surface area contributed by atoms with Crippen LogP contribution in [0, 0.1) is 0 Å². The summed E-state index contributed by atoms with van der Waals surface area (Å²) in [5.41, 5.74) is 9.52. The third kappa shape index (κ3) is 5.10. The van der Waals surface area contributed by atoms with Gasteiger partial charge in [0.05, 0.1) is 27.8 Å². The molecule has 0 N–H and O–H groups in total. The summed E-state index contributed by atoms with van der Waals surface area (Å²) in [6.45, 7) is 0. The van der Waals surface area contributed by atoms with Crippen LogP contribution in [0.3, 0.4) is 0 Å². The lowest BCUT2D eigenvalue weighted by Crippen LogP contribution is -2.74. The Bertz CT molecular complexity index is 3110. The standard InChI is InChI=1S/C54H38N2Si/c1-6-21-39(22-7-1)48-37-44(57(41-25-10-3-11-26-41,42-27-12-4-13-28-42)43-29-14-5-15-30-43)38-52-53(48)47-32-17-19-35-50(47)56(52)51-36-20-33-46-45-31-16-18-34-49(45)55(54(46)51)40-23-8-2-9-24-40/h1-38H. The minimum atomic E-state index is -2.92. The summed E-state index contributed by atoms with van der Waals surface area (Å²) in [5.74, 6) is 0. The summed E-state index contributed by atoms with van der Waals surface area (Å²) < 4.78 is 5.01. The van der Waals surface area contributed by atoms with Crippen LogP contribution in [0.25, 0.3) is 66.1 Å². The molecule has 0 unspecified atom stereocenters. The van der Waals surface area contributed by atoms with Gasteiger partial charge in [-0.2, -0.15) is 0 Å². The van der Waals surface area contributed by atoms with Crippen molar-refractivity contribution >= 4 is 72.4 Å². The second kappa shape index (κ2) is 13.5. The average Bonchev–Trinajstić information content (AvgIpc) is 3.81. The van der Waals surface area contributed by atoms with Crippen molar-refractivity contribution in [3.05, 3.63) is 231 Å². The molecule has 0 saturated carbocycles. The van der Waals surface area contributed by atoms with E-state index in [0.717, 1.165) is 11.4 Å². The van der Waals surface area contributed by atoms with E-state index in [1.165, 1.54) is 75.5 Å². The molecule has 9 aromatic carbocycles. The lowest BCUT2D eigenvalue weighted by Gasteiger charge is -2.35. The fourth-order valence-corrected chi connectivity index (χ4v) is 14.3. The smallest absolute Gasteiger partial charge is 0.179 e. The number of benzene rings is 9. The number of rotatable bonds is 7. The number of hydrogen-bond donors (Lipinski definition) is 0. The van der Waals surface area contributed by atoms with Gasteiger partial charge in [-0.3, -0.25) is 0 Å². The van der Waals surface area contributed by atoms with E-state index in [1.807, 2.05) is 0 Å². The summed E-state index contributed by atoms with van der Waals surface area (Å²) in [5, 5.41) is 10.4. The molecule has 2 aromatic heterocycles. The van der Waals surface area contributed by atoms with Crippen molar-refractivity contribution < 1.29 is 0 Å². The highest BCUT2D eigenvalue weighted by atomic mass is 28.3. The zero-order chi connectivity index (χ0) is 37.8. The van der Waals surface area contributed by atoms with Crippen LogP contribution in [0.15, 0.2) is 231 Å². The zero-order valence-electron chi connectivity index (χ0n) is 31.3. The van der Waals surface area contributed by atoms with E-state index in [0.29, 0.717) is 0 Å². The molecule has 3 heteroatoms. The van der Waals surface area contributed by atoms with Crippen molar-refractivity contribution in [2.45, 2.75) is 0 Å². The predicted molar refractivity (Wildman–Crippen MR) is 244 cm³/mol. The number of aromatic nitrogens is 2. The van der Waals surface area contributed by atoms with Crippen LogP contribution >= 0.6 is 0 Å². The fourth-order valence-electron chi connectivity index (χ4n) is 9.51. The van der Waals surface area contributed by atoms with E-state index >= 15 is 0 Å². The molecule has 0 spiro atoms. The summed E-state index contributed by atoms with van der Waals surface area (Å²) in [6, 6.07) is 85.3. The van der Waals surface area contributed by atoms with Crippen LogP contribution in [-0.4, -0.2) is 17.2 Å². The Morgan fingerprint density at radius 2 is 0.789 bits per heavy atom. The molecule has 0 fully saturated rings. The largest absolute Gasteiger partial charge is 0.307 e. The maximum Gasteiger partial charge on any atom is 0.179 e. The molecule has 0 aliphatic rings. The van der Waals surface area contributed by atoms with Crippen LogP contribution < -0.4 is 20.7 Å². The van der Waals surface area contributed by atoms with E-state index < -0.39 is 8.07 Å². The first-order chi connectivity index (χ1) is 28.3. The summed E-state index contributed by atoms with van der Waals surface area (Å²) in [7, 11) is -2.92. The molecular weight excluding hydrogens is 705 g/mol. The number of nitrogens with zero attached hydrogens (tertiary/aromatic N) is 2. The van der Waals surface area contributed by atoms with E-state index in [1.54, 1.807) is 0 Å². The molecule has 11 aromatic rings. The maximum absolute atomic E-state index is 2.92. The van der Waals surface area contributed by atoms with E-state index in [2.05, 4.69) is 240 Å². The van der Waals surface area contributed by atoms with Crippen molar-refractivity contribution in [3.63, 3.8) is 0 Å². The van der Waals surface area contributed by atoms with Gasteiger partial charge in [-0.25, -0.2) is 0 Å². The Labute approximate surface area is 333 Å². The van der Waals surface area contributed by atoms with Gasteiger partial charge in [0.2, 0.25) is 0 Å². The summed E-state index contributed by atoms with van der Waals surface area (Å²) >= 11 is 0. The number of fused-ring (bicyclic) bond motifs is 6. The molecule has 2 nitrogen and oxygen atoms in total. The van der Waals surface area contributed by atoms with Crippen molar-refractivity contribution in [3.8, 4) is 22.5 Å². The topological polar surface area (TPSA) is 9.86 Å². The molecule has 0 bridgehead atoms. The third-order valence-electron chi connectivity index (χ3n) is 11.8. The molecule has 0 amide bonds. The molecule has 2 heterocycles. The molecular formula is C54H38N2Si. The Morgan fingerprint density at radius 1 is 0.316 bits per heavy atom. The first kappa shape index (κ1) is 33.2. The fraction of sp³-hybridized carbons (Fsp3) is 0. The Morgan fingerprint density at radius 3 is 1.39 bits per heavy atom. The highest BCUT2D eigenvalue weighted by molar-refractivity contribution is 7.20. The van der Waals surface area contributed by atoms with Crippen molar-refractivity contribution in [2.75, 3.05) is 0 Å². The van der Waals surface area contributed by atoms with Gasteiger partial charge >= 0.3 is 0 Å². The van der Waals surface area contributed by atoms with Gasteiger partial charge in [-0.15, -0.1) is 0 Å². The van der Waals surface area contributed by atoms with Gasteiger partial charge in [0.15, 0.2) is 8.07 Å². The molecule has 57 heavy (non-hydrogen) atoms. The van der Waals surface area contributed by atoms with E-state index in [-0.39, 0.29) is 0 Å². The second-order valence-corrected chi connectivity index (χ2v) is 18.7. The minimum absolute atomic E-state index is 1.14. The van der Waals surface area contributed by atoms with Crippen molar-refractivity contribution in [2.24, 2.45) is 0 Å². The van der Waals surface area contributed by atoms with Gasteiger partial charge < -0.3 is 9.13 Å². The molecule has 0 aliphatic heterocycles. The number of hydrogen-bond acceptors (Lipinski definition) is 0. The monoisotopic (exact) mass is 742 g/mol. The summed E-state index contributed by atoms with van der Waals surface area (Å²) in [6.07, 6.45) is 0.